The van der Waals surface area contributed by atoms with Gasteiger partial charge in [0.15, 0.2) is 5.43 Å². The monoisotopic (exact) mass is 226 g/mol. The summed E-state index contributed by atoms with van der Waals surface area (Å²) in [5.74, 6) is 0.563. The highest BCUT2D eigenvalue weighted by Crippen LogP contribution is 2.27. The van der Waals surface area contributed by atoms with Crippen LogP contribution in [-0.2, 0) is 0 Å². The molecule has 84 valence electrons. The number of rotatable bonds is 1. The van der Waals surface area contributed by atoms with Crippen LogP contribution in [-0.4, -0.2) is 5.11 Å². The number of allylic oxidation sites excluding steroid dienone is 4. The summed E-state index contributed by atoms with van der Waals surface area (Å²) in [6.45, 7) is 0. The largest absolute Gasteiger partial charge is 0.507 e. The second-order valence-corrected chi connectivity index (χ2v) is 3.96. The third kappa shape index (κ3) is 1.56. The minimum atomic E-state index is -0.215. The van der Waals surface area contributed by atoms with Crippen molar-refractivity contribution in [1.29, 1.82) is 0 Å². The fourth-order valence-electron chi connectivity index (χ4n) is 2.00. The van der Waals surface area contributed by atoms with Gasteiger partial charge in [0.1, 0.15) is 22.5 Å². The molecule has 0 unspecified atom stereocenters. The van der Waals surface area contributed by atoms with E-state index in [0.717, 1.165) is 0 Å². The van der Waals surface area contributed by atoms with E-state index in [0.29, 0.717) is 11.3 Å². The van der Waals surface area contributed by atoms with Crippen LogP contribution >= 0.6 is 0 Å². The average Bonchev–Trinajstić information content (AvgIpc) is 2.81. The number of hydrogen-bond donors (Lipinski definition) is 1. The molecule has 0 spiro atoms. The predicted molar refractivity (Wildman–Crippen MR) is 65.2 cm³/mol. The molecule has 1 aliphatic rings. The average molecular weight is 226 g/mol. The normalized spacial score (nSPS) is 14.8. The lowest BCUT2D eigenvalue weighted by Gasteiger charge is -2.06. The van der Waals surface area contributed by atoms with E-state index in [1.807, 2.05) is 24.3 Å². The Hall–Kier alpha value is -2.29. The van der Waals surface area contributed by atoms with Crippen LogP contribution in [0.1, 0.15) is 11.7 Å². The van der Waals surface area contributed by atoms with E-state index in [-0.39, 0.29) is 22.5 Å². The Morgan fingerprint density at radius 2 is 1.94 bits per heavy atom. The molecule has 3 nitrogen and oxygen atoms in total. The summed E-state index contributed by atoms with van der Waals surface area (Å²) in [4.78, 5) is 11.9. The van der Waals surface area contributed by atoms with Crippen LogP contribution in [0.2, 0.25) is 0 Å². The van der Waals surface area contributed by atoms with Crippen molar-refractivity contribution < 1.29 is 9.52 Å². The number of benzene rings is 1. The van der Waals surface area contributed by atoms with E-state index in [1.54, 1.807) is 12.1 Å². The molecule has 1 aromatic carbocycles. The van der Waals surface area contributed by atoms with Crippen molar-refractivity contribution in [3.05, 3.63) is 64.6 Å². The topological polar surface area (TPSA) is 50.4 Å². The summed E-state index contributed by atoms with van der Waals surface area (Å²) in [6.07, 6.45) is 7.73. The summed E-state index contributed by atoms with van der Waals surface area (Å²) < 4.78 is 5.64. The first kappa shape index (κ1) is 9.90. The minimum Gasteiger partial charge on any atom is -0.507 e. The maximum atomic E-state index is 11.9. The lowest BCUT2D eigenvalue weighted by atomic mass is 10.1. The quantitative estimate of drug-likeness (QED) is 0.813. The summed E-state index contributed by atoms with van der Waals surface area (Å²) in [6, 6.07) is 6.26. The van der Waals surface area contributed by atoms with Crippen molar-refractivity contribution >= 4 is 11.0 Å². The van der Waals surface area contributed by atoms with Gasteiger partial charge in [0.2, 0.25) is 0 Å². The second-order valence-electron chi connectivity index (χ2n) is 3.96. The van der Waals surface area contributed by atoms with Crippen LogP contribution < -0.4 is 5.43 Å². The Labute approximate surface area is 97.3 Å². The van der Waals surface area contributed by atoms with E-state index in [9.17, 15) is 9.90 Å². The molecule has 0 radical (unpaired) electrons. The molecule has 0 saturated carbocycles. The van der Waals surface area contributed by atoms with Gasteiger partial charge < -0.3 is 9.52 Å². The fraction of sp³-hybridized carbons (Fsp3) is 0.0714. The Bertz CT molecular complexity index is 680. The maximum Gasteiger partial charge on any atom is 0.196 e. The molecule has 1 N–H and O–H groups in total. The number of hydrogen-bond acceptors (Lipinski definition) is 3. The first-order valence-electron chi connectivity index (χ1n) is 5.36. The predicted octanol–water partition coefficient (Wildman–Crippen LogP) is 2.71. The van der Waals surface area contributed by atoms with Gasteiger partial charge in [0, 0.05) is 6.07 Å². The lowest BCUT2D eigenvalue weighted by molar-refractivity contribution is 0.477. The lowest BCUT2D eigenvalue weighted by Crippen LogP contribution is -2.03. The highest BCUT2D eigenvalue weighted by atomic mass is 16.3. The Morgan fingerprint density at radius 3 is 2.71 bits per heavy atom. The standard InChI is InChI=1S/C14H10O3/c15-10-6-3-7-12-14(10)11(16)8-13(17-12)9-4-1-2-5-9/h1-9,15H. The van der Waals surface area contributed by atoms with Gasteiger partial charge in [-0.15, -0.1) is 0 Å². The van der Waals surface area contributed by atoms with Crippen LogP contribution in [0, 0.1) is 0 Å². The van der Waals surface area contributed by atoms with Crippen molar-refractivity contribution in [1.82, 2.24) is 0 Å². The molecule has 0 bridgehead atoms. The van der Waals surface area contributed by atoms with Gasteiger partial charge in [-0.2, -0.15) is 0 Å². The third-order valence-electron chi connectivity index (χ3n) is 2.83. The van der Waals surface area contributed by atoms with Gasteiger partial charge >= 0.3 is 0 Å². The fourth-order valence-corrected chi connectivity index (χ4v) is 2.00. The molecule has 0 aliphatic heterocycles. The van der Waals surface area contributed by atoms with Crippen molar-refractivity contribution in [2.45, 2.75) is 5.92 Å². The summed E-state index contributed by atoms with van der Waals surface area (Å²) in [5, 5.41) is 9.86. The molecule has 2 aromatic rings. The van der Waals surface area contributed by atoms with E-state index in [4.69, 9.17) is 4.42 Å². The molecule has 17 heavy (non-hydrogen) atoms. The molecule has 1 heterocycles. The van der Waals surface area contributed by atoms with Gasteiger partial charge in [-0.25, -0.2) is 0 Å². The highest BCUT2D eigenvalue weighted by molar-refractivity contribution is 5.82. The van der Waals surface area contributed by atoms with Crippen molar-refractivity contribution in [3.63, 3.8) is 0 Å². The van der Waals surface area contributed by atoms with Gasteiger partial charge in [-0.05, 0) is 12.1 Å². The smallest absolute Gasteiger partial charge is 0.196 e. The number of fused-ring (bicyclic) bond motifs is 1. The maximum absolute atomic E-state index is 11.9. The van der Waals surface area contributed by atoms with Crippen LogP contribution in [0.15, 0.2) is 57.8 Å². The Kier molecular flexibility index (Phi) is 2.11. The number of aromatic hydroxyl groups is 1. The van der Waals surface area contributed by atoms with E-state index in [1.165, 1.54) is 12.1 Å². The van der Waals surface area contributed by atoms with Crippen LogP contribution in [0.5, 0.6) is 5.75 Å². The second kappa shape index (κ2) is 3.63. The van der Waals surface area contributed by atoms with Gasteiger partial charge in [-0.1, -0.05) is 30.4 Å². The minimum absolute atomic E-state index is 0.00875. The third-order valence-corrected chi connectivity index (χ3v) is 2.83. The molecule has 1 aliphatic carbocycles. The van der Waals surface area contributed by atoms with Crippen LogP contribution in [0.25, 0.3) is 11.0 Å². The number of phenolic OH excluding ortho intramolecular Hbond substituents is 1. The van der Waals surface area contributed by atoms with Gasteiger partial charge in [-0.3, -0.25) is 4.79 Å². The SMILES string of the molecule is O=c1cc(C2C=CC=C2)oc2cccc(O)c12. The molecule has 1 aromatic heterocycles. The zero-order valence-electron chi connectivity index (χ0n) is 8.96. The zero-order valence-corrected chi connectivity index (χ0v) is 8.96. The molecular formula is C14H10O3. The van der Waals surface area contributed by atoms with Gasteiger partial charge in [0.25, 0.3) is 0 Å². The van der Waals surface area contributed by atoms with Crippen LogP contribution in [0.4, 0.5) is 0 Å². The van der Waals surface area contributed by atoms with E-state index < -0.39 is 0 Å². The molecule has 0 fully saturated rings. The molecule has 0 amide bonds. The first-order chi connectivity index (χ1) is 8.25. The Balaban J connectivity index is 2.28. The van der Waals surface area contributed by atoms with Crippen molar-refractivity contribution in [2.75, 3.05) is 0 Å². The van der Waals surface area contributed by atoms with E-state index in [2.05, 4.69) is 0 Å². The zero-order chi connectivity index (χ0) is 11.8. The first-order valence-corrected chi connectivity index (χ1v) is 5.36. The Morgan fingerprint density at radius 1 is 1.18 bits per heavy atom. The number of phenols is 1. The molecule has 3 heteroatoms. The summed E-state index contributed by atoms with van der Waals surface area (Å²) in [7, 11) is 0. The molecule has 3 rings (SSSR count). The highest BCUT2D eigenvalue weighted by Gasteiger charge is 2.14. The molecule has 0 atom stereocenters. The van der Waals surface area contributed by atoms with E-state index >= 15 is 0 Å². The van der Waals surface area contributed by atoms with Crippen molar-refractivity contribution in [2.24, 2.45) is 0 Å². The summed E-state index contributed by atoms with van der Waals surface area (Å²) >= 11 is 0. The van der Waals surface area contributed by atoms with Gasteiger partial charge in [0.05, 0.1) is 5.92 Å². The molecule has 0 saturated heterocycles. The van der Waals surface area contributed by atoms with Crippen LogP contribution in [0.3, 0.4) is 0 Å². The van der Waals surface area contributed by atoms with Crippen molar-refractivity contribution in [3.8, 4) is 5.75 Å². The molecular weight excluding hydrogens is 216 g/mol. The summed E-state index contributed by atoms with van der Waals surface area (Å²) in [5.41, 5.74) is 0.203.